The highest BCUT2D eigenvalue weighted by molar-refractivity contribution is 5.71. The fourth-order valence-corrected chi connectivity index (χ4v) is 7.84. The van der Waals surface area contributed by atoms with Gasteiger partial charge in [0, 0.05) is 19.3 Å². The highest BCUT2D eigenvalue weighted by Crippen LogP contribution is 2.15. The molecule has 0 saturated heterocycles. The molecule has 0 radical (unpaired) electrons. The number of rotatable bonds is 50. The lowest BCUT2D eigenvalue weighted by Crippen LogP contribution is -2.30. The van der Waals surface area contributed by atoms with E-state index in [1.54, 1.807) is 0 Å². The van der Waals surface area contributed by atoms with Crippen LogP contribution in [0.4, 0.5) is 0 Å². The van der Waals surface area contributed by atoms with E-state index in [2.05, 4.69) is 81.5 Å². The Morgan fingerprint density at radius 1 is 0.323 bits per heavy atom. The molecule has 0 aliphatic carbocycles. The van der Waals surface area contributed by atoms with Crippen LogP contribution in [0.2, 0.25) is 0 Å². The average molecular weight is 909 g/mol. The third-order valence-electron chi connectivity index (χ3n) is 12.0. The van der Waals surface area contributed by atoms with E-state index in [0.29, 0.717) is 19.3 Å². The first-order valence-corrected chi connectivity index (χ1v) is 27.8. The molecule has 0 aromatic carbocycles. The molecule has 0 amide bonds. The summed E-state index contributed by atoms with van der Waals surface area (Å²) in [7, 11) is 0. The highest BCUT2D eigenvalue weighted by atomic mass is 16.6. The second kappa shape index (κ2) is 53.7. The Morgan fingerprint density at radius 2 is 0.600 bits per heavy atom. The molecule has 0 saturated carbocycles. The zero-order valence-corrected chi connectivity index (χ0v) is 43.0. The van der Waals surface area contributed by atoms with Crippen LogP contribution >= 0.6 is 0 Å². The fraction of sp³-hybridized carbons (Fsp3) is 0.780. The summed E-state index contributed by atoms with van der Waals surface area (Å²) in [5.41, 5.74) is 0. The van der Waals surface area contributed by atoms with Crippen molar-refractivity contribution in [1.29, 1.82) is 0 Å². The predicted octanol–water partition coefficient (Wildman–Crippen LogP) is 18.4. The van der Waals surface area contributed by atoms with Crippen molar-refractivity contribution in [2.45, 2.75) is 284 Å². The Morgan fingerprint density at radius 3 is 0.954 bits per heavy atom. The van der Waals surface area contributed by atoms with Gasteiger partial charge in [-0.05, 0) is 83.5 Å². The number of hydrogen-bond acceptors (Lipinski definition) is 6. The molecule has 65 heavy (non-hydrogen) atoms. The summed E-state index contributed by atoms with van der Waals surface area (Å²) in [6, 6.07) is 0. The predicted molar refractivity (Wildman–Crippen MR) is 279 cm³/mol. The number of unbranched alkanes of at least 4 members (excludes halogenated alkanes) is 29. The van der Waals surface area contributed by atoms with Crippen molar-refractivity contribution >= 4 is 17.9 Å². The lowest BCUT2D eigenvalue weighted by molar-refractivity contribution is -0.167. The van der Waals surface area contributed by atoms with E-state index in [-0.39, 0.29) is 31.1 Å². The Labute approximate surface area is 402 Å². The van der Waals surface area contributed by atoms with Crippen LogP contribution in [0, 0.1) is 0 Å². The zero-order valence-electron chi connectivity index (χ0n) is 43.0. The summed E-state index contributed by atoms with van der Waals surface area (Å²) in [5.74, 6) is -0.901. The van der Waals surface area contributed by atoms with Gasteiger partial charge in [0.05, 0.1) is 0 Å². The minimum Gasteiger partial charge on any atom is -0.462 e. The molecule has 0 aliphatic rings. The smallest absolute Gasteiger partial charge is 0.306 e. The van der Waals surface area contributed by atoms with E-state index < -0.39 is 6.10 Å². The van der Waals surface area contributed by atoms with Gasteiger partial charge in [0.1, 0.15) is 13.2 Å². The van der Waals surface area contributed by atoms with Gasteiger partial charge < -0.3 is 14.2 Å². The molecule has 0 bridgehead atoms. The molecular weight excluding hydrogens is 805 g/mol. The Hall–Kier alpha value is -2.89. The fourth-order valence-electron chi connectivity index (χ4n) is 7.84. The third-order valence-corrected chi connectivity index (χ3v) is 12.0. The molecule has 0 aliphatic heterocycles. The number of carbonyl (C=O) groups excluding carboxylic acids is 3. The van der Waals surface area contributed by atoms with Gasteiger partial charge in [-0.25, -0.2) is 0 Å². The zero-order chi connectivity index (χ0) is 47.2. The summed E-state index contributed by atoms with van der Waals surface area (Å²) < 4.78 is 16.8. The van der Waals surface area contributed by atoms with Crippen LogP contribution in [0.5, 0.6) is 0 Å². The van der Waals surface area contributed by atoms with Crippen molar-refractivity contribution in [3.8, 4) is 0 Å². The first kappa shape index (κ1) is 62.1. The molecule has 1 unspecified atom stereocenters. The van der Waals surface area contributed by atoms with Crippen LogP contribution in [-0.4, -0.2) is 37.2 Å². The number of ether oxygens (including phenoxy) is 3. The Balaban J connectivity index is 4.41. The minimum absolute atomic E-state index is 0.0815. The number of allylic oxidation sites excluding steroid dienone is 10. The van der Waals surface area contributed by atoms with Crippen molar-refractivity contribution in [3.05, 3.63) is 60.8 Å². The molecule has 376 valence electrons. The lowest BCUT2D eigenvalue weighted by atomic mass is 10.0. The summed E-state index contributed by atoms with van der Waals surface area (Å²) in [6.07, 6.45) is 66.3. The van der Waals surface area contributed by atoms with Crippen LogP contribution < -0.4 is 0 Å². The van der Waals surface area contributed by atoms with E-state index in [9.17, 15) is 14.4 Å². The van der Waals surface area contributed by atoms with Gasteiger partial charge in [-0.2, -0.15) is 0 Å². The second-order valence-electron chi connectivity index (χ2n) is 18.5. The van der Waals surface area contributed by atoms with E-state index in [4.69, 9.17) is 14.2 Å². The molecule has 0 spiro atoms. The Bertz CT molecular complexity index is 1180. The normalized spacial score (nSPS) is 12.5. The molecule has 1 atom stereocenters. The molecule has 6 heteroatoms. The highest BCUT2D eigenvalue weighted by Gasteiger charge is 2.19. The van der Waals surface area contributed by atoms with Crippen molar-refractivity contribution < 1.29 is 28.6 Å². The third kappa shape index (κ3) is 51.9. The molecule has 0 aromatic heterocycles. The maximum atomic E-state index is 12.8. The van der Waals surface area contributed by atoms with E-state index in [1.807, 2.05) is 0 Å². The van der Waals surface area contributed by atoms with Gasteiger partial charge in [-0.15, -0.1) is 0 Å². The lowest BCUT2D eigenvalue weighted by Gasteiger charge is -2.18. The number of hydrogen-bond donors (Lipinski definition) is 0. The average Bonchev–Trinajstić information content (AvgIpc) is 3.30. The van der Waals surface area contributed by atoms with E-state index in [1.165, 1.54) is 141 Å². The molecule has 6 nitrogen and oxygen atoms in total. The summed E-state index contributed by atoms with van der Waals surface area (Å²) in [4.78, 5) is 38.1. The second-order valence-corrected chi connectivity index (χ2v) is 18.5. The van der Waals surface area contributed by atoms with Crippen LogP contribution in [-0.2, 0) is 28.6 Å². The van der Waals surface area contributed by atoms with Crippen LogP contribution in [0.1, 0.15) is 278 Å². The maximum absolute atomic E-state index is 12.8. The monoisotopic (exact) mass is 909 g/mol. The molecule has 0 fully saturated rings. The van der Waals surface area contributed by atoms with Gasteiger partial charge in [0.25, 0.3) is 0 Å². The van der Waals surface area contributed by atoms with E-state index in [0.717, 1.165) is 96.3 Å². The summed E-state index contributed by atoms with van der Waals surface area (Å²) >= 11 is 0. The van der Waals surface area contributed by atoms with Gasteiger partial charge in [0.2, 0.25) is 0 Å². The van der Waals surface area contributed by atoms with Gasteiger partial charge in [-0.1, -0.05) is 236 Å². The quantitative estimate of drug-likeness (QED) is 0.0262. The molecule has 0 rings (SSSR count). The topological polar surface area (TPSA) is 78.9 Å². The van der Waals surface area contributed by atoms with Crippen LogP contribution in [0.15, 0.2) is 60.8 Å². The SMILES string of the molecule is CC/C=C\C/C=C\C/C=C\C/C=C\CCCCCCC(=O)OCC(COC(=O)CCCCCCCCCCCCCCC)OC(=O)CCCCCCCCC/C=C\CCCCCCCC. The van der Waals surface area contributed by atoms with Crippen molar-refractivity contribution in [2.24, 2.45) is 0 Å². The summed E-state index contributed by atoms with van der Waals surface area (Å²) in [6.45, 7) is 6.52. The molecule has 0 heterocycles. The standard InChI is InChI=1S/C59H104O6/c1-4-7-10-13-16-19-22-25-27-29-31-34-37-40-43-46-49-52-58(61)64-55-56(54-63-57(60)51-48-45-42-39-36-33-24-21-18-15-12-9-6-3)65-59(62)53-50-47-44-41-38-35-32-30-28-26-23-20-17-14-11-8-5-2/h7,10,16,19,25-28,31,34,56H,4-6,8-9,11-15,17-18,20-24,29-30,32-33,35-55H2,1-3H3/b10-7-,19-16-,27-25-,28-26-,34-31-. The van der Waals surface area contributed by atoms with Crippen molar-refractivity contribution in [1.82, 2.24) is 0 Å². The molecule has 0 aromatic rings. The van der Waals surface area contributed by atoms with Gasteiger partial charge in [0.15, 0.2) is 6.10 Å². The summed E-state index contributed by atoms with van der Waals surface area (Å²) in [5, 5.41) is 0. The van der Waals surface area contributed by atoms with Crippen molar-refractivity contribution in [3.63, 3.8) is 0 Å². The van der Waals surface area contributed by atoms with Crippen LogP contribution in [0.3, 0.4) is 0 Å². The number of esters is 3. The maximum Gasteiger partial charge on any atom is 0.306 e. The van der Waals surface area contributed by atoms with Gasteiger partial charge in [-0.3, -0.25) is 14.4 Å². The van der Waals surface area contributed by atoms with Crippen molar-refractivity contribution in [2.75, 3.05) is 13.2 Å². The molecule has 0 N–H and O–H groups in total. The molecular formula is C59H104O6. The Kier molecular flexibility index (Phi) is 51.3. The first-order chi connectivity index (χ1) is 32.0. The minimum atomic E-state index is -0.784. The van der Waals surface area contributed by atoms with E-state index >= 15 is 0 Å². The van der Waals surface area contributed by atoms with Crippen LogP contribution in [0.25, 0.3) is 0 Å². The largest absolute Gasteiger partial charge is 0.462 e. The number of carbonyl (C=O) groups is 3. The van der Waals surface area contributed by atoms with Gasteiger partial charge >= 0.3 is 17.9 Å². The first-order valence-electron chi connectivity index (χ1n) is 27.8.